The van der Waals surface area contributed by atoms with Crippen LogP contribution in [-0.2, 0) is 10.0 Å². The Bertz CT molecular complexity index is 874. The zero-order chi connectivity index (χ0) is 18.7. The van der Waals surface area contributed by atoms with Crippen LogP contribution < -0.4 is 9.47 Å². The Morgan fingerprint density at radius 3 is 2.65 bits per heavy atom. The maximum absolute atomic E-state index is 13.0. The largest absolute Gasteiger partial charge is 0.496 e. The van der Waals surface area contributed by atoms with Gasteiger partial charge in [0.05, 0.1) is 36.0 Å². The van der Waals surface area contributed by atoms with E-state index in [0.717, 1.165) is 12.0 Å². The van der Waals surface area contributed by atoms with E-state index in [1.807, 2.05) is 6.92 Å². The first-order chi connectivity index (χ1) is 12.4. The lowest BCUT2D eigenvalue weighted by atomic mass is 10.1. The molecule has 2 aromatic rings. The molecule has 7 nitrogen and oxygen atoms in total. The topological polar surface area (TPSA) is 81.6 Å². The van der Waals surface area contributed by atoms with Crippen LogP contribution in [0.2, 0.25) is 5.02 Å². The van der Waals surface area contributed by atoms with E-state index in [1.54, 1.807) is 25.3 Å². The van der Waals surface area contributed by atoms with E-state index in [4.69, 9.17) is 21.1 Å². The van der Waals surface area contributed by atoms with Crippen LogP contribution in [0.1, 0.15) is 18.4 Å². The lowest BCUT2D eigenvalue weighted by Crippen LogP contribution is -2.44. The molecule has 0 aliphatic carbocycles. The molecule has 0 radical (unpaired) electrons. The number of aryl methyl sites for hydroxylation is 1. The van der Waals surface area contributed by atoms with E-state index in [9.17, 15) is 8.42 Å². The number of benzene rings is 1. The number of hydrogen-bond acceptors (Lipinski definition) is 6. The lowest BCUT2D eigenvalue weighted by Gasteiger charge is -2.31. The van der Waals surface area contributed by atoms with Gasteiger partial charge in [-0.15, -0.1) is 0 Å². The smallest absolute Gasteiger partial charge is 0.316 e. The third-order valence-electron chi connectivity index (χ3n) is 4.21. The number of sulfonamides is 1. The summed E-state index contributed by atoms with van der Waals surface area (Å²) in [5, 5.41) is 0.417. The maximum Gasteiger partial charge on any atom is 0.316 e. The average Bonchev–Trinajstić information content (AvgIpc) is 2.64. The Balaban J connectivity index is 1.75. The molecule has 140 valence electrons. The zero-order valence-electron chi connectivity index (χ0n) is 14.6. The third-order valence-corrected chi connectivity index (χ3v) is 6.27. The molecule has 1 fully saturated rings. The number of ether oxygens (including phenoxy) is 2. The molecule has 0 saturated carbocycles. The Labute approximate surface area is 158 Å². The molecule has 1 atom stereocenters. The highest BCUT2D eigenvalue weighted by molar-refractivity contribution is 7.89. The van der Waals surface area contributed by atoms with Crippen LogP contribution in [-0.4, -0.2) is 49.0 Å². The van der Waals surface area contributed by atoms with E-state index in [0.29, 0.717) is 23.7 Å². The summed E-state index contributed by atoms with van der Waals surface area (Å²) in [6, 6.07) is 5.05. The molecule has 26 heavy (non-hydrogen) atoms. The Morgan fingerprint density at radius 1 is 1.27 bits per heavy atom. The molecule has 1 aliphatic heterocycles. The highest BCUT2D eigenvalue weighted by atomic mass is 35.5. The summed E-state index contributed by atoms with van der Waals surface area (Å²) in [5.41, 5.74) is 0.771. The first kappa shape index (κ1) is 18.9. The van der Waals surface area contributed by atoms with Crippen molar-refractivity contribution in [2.24, 2.45) is 0 Å². The second kappa shape index (κ2) is 7.77. The molecule has 1 unspecified atom stereocenters. The van der Waals surface area contributed by atoms with Gasteiger partial charge in [-0.25, -0.2) is 18.4 Å². The lowest BCUT2D eigenvalue weighted by molar-refractivity contribution is 0.119. The van der Waals surface area contributed by atoms with Crippen molar-refractivity contribution in [1.29, 1.82) is 0 Å². The monoisotopic (exact) mass is 397 g/mol. The molecule has 0 N–H and O–H groups in total. The van der Waals surface area contributed by atoms with Crippen molar-refractivity contribution < 1.29 is 17.9 Å². The molecule has 1 aromatic carbocycles. The third kappa shape index (κ3) is 4.08. The number of nitrogens with zero attached hydrogens (tertiary/aromatic N) is 3. The molecule has 1 saturated heterocycles. The van der Waals surface area contributed by atoms with E-state index >= 15 is 0 Å². The highest BCUT2D eigenvalue weighted by Crippen LogP contribution is 2.26. The molecule has 1 aliphatic rings. The van der Waals surface area contributed by atoms with Gasteiger partial charge >= 0.3 is 6.01 Å². The van der Waals surface area contributed by atoms with Gasteiger partial charge in [-0.05, 0) is 43.5 Å². The Hall–Kier alpha value is -1.90. The van der Waals surface area contributed by atoms with E-state index < -0.39 is 10.0 Å². The van der Waals surface area contributed by atoms with Gasteiger partial charge in [0.1, 0.15) is 11.9 Å². The molecular weight excluding hydrogens is 378 g/mol. The summed E-state index contributed by atoms with van der Waals surface area (Å²) < 4.78 is 38.3. The van der Waals surface area contributed by atoms with E-state index in [1.165, 1.54) is 16.7 Å². The summed E-state index contributed by atoms with van der Waals surface area (Å²) in [6.07, 6.45) is 4.02. The molecular formula is C17H20ClN3O4S. The second-order valence-corrected chi connectivity index (χ2v) is 8.43. The van der Waals surface area contributed by atoms with E-state index in [-0.39, 0.29) is 23.6 Å². The van der Waals surface area contributed by atoms with Crippen molar-refractivity contribution in [3.63, 3.8) is 0 Å². The molecule has 0 spiro atoms. The predicted octanol–water partition coefficient (Wildman–Crippen LogP) is 2.68. The van der Waals surface area contributed by atoms with Crippen LogP contribution in [0.4, 0.5) is 0 Å². The van der Waals surface area contributed by atoms with Gasteiger partial charge in [-0.3, -0.25) is 0 Å². The van der Waals surface area contributed by atoms with Gasteiger partial charge in [0, 0.05) is 6.54 Å². The normalized spacial score (nSPS) is 18.5. The van der Waals surface area contributed by atoms with Gasteiger partial charge in [-0.2, -0.15) is 4.31 Å². The fourth-order valence-corrected chi connectivity index (χ4v) is 4.58. The van der Waals surface area contributed by atoms with Crippen molar-refractivity contribution in [3.8, 4) is 11.8 Å². The van der Waals surface area contributed by atoms with E-state index in [2.05, 4.69) is 9.97 Å². The predicted molar refractivity (Wildman–Crippen MR) is 97.2 cm³/mol. The molecule has 2 heterocycles. The summed E-state index contributed by atoms with van der Waals surface area (Å²) in [7, 11) is -2.05. The Morgan fingerprint density at radius 2 is 2.00 bits per heavy atom. The number of methoxy groups -OCH3 is 1. The summed E-state index contributed by atoms with van der Waals surface area (Å²) >= 11 is 5.76. The van der Waals surface area contributed by atoms with Gasteiger partial charge in [0.2, 0.25) is 10.0 Å². The molecule has 0 bridgehead atoms. The summed E-state index contributed by atoms with van der Waals surface area (Å²) in [5.74, 6) is 0.656. The fourth-order valence-electron chi connectivity index (χ4n) is 2.89. The zero-order valence-corrected chi connectivity index (χ0v) is 16.1. The number of halogens is 1. The molecule has 0 amide bonds. The minimum Gasteiger partial charge on any atom is -0.496 e. The van der Waals surface area contributed by atoms with Gasteiger partial charge in [0.15, 0.2) is 0 Å². The van der Waals surface area contributed by atoms with Gasteiger partial charge in [0.25, 0.3) is 0 Å². The minimum atomic E-state index is -3.61. The van der Waals surface area contributed by atoms with Crippen molar-refractivity contribution in [2.45, 2.75) is 30.8 Å². The van der Waals surface area contributed by atoms with Crippen molar-refractivity contribution in [3.05, 3.63) is 41.2 Å². The first-order valence-corrected chi connectivity index (χ1v) is 10.0. The number of piperidine rings is 1. The van der Waals surface area contributed by atoms with Crippen LogP contribution in [0.3, 0.4) is 0 Å². The quantitative estimate of drug-likeness (QED) is 0.771. The standard InChI is InChI=1S/C17H20ClN3O4S/c1-12-8-15(5-6-16(12)24-2)26(22,23)21-7-3-4-14(11-21)25-17-19-9-13(18)10-20-17/h5-6,8-10,14H,3-4,7,11H2,1-2H3. The van der Waals surface area contributed by atoms with Crippen molar-refractivity contribution in [2.75, 3.05) is 20.2 Å². The van der Waals surface area contributed by atoms with Gasteiger partial charge < -0.3 is 9.47 Å². The van der Waals surface area contributed by atoms with Gasteiger partial charge in [-0.1, -0.05) is 11.6 Å². The number of aromatic nitrogens is 2. The summed E-state index contributed by atoms with van der Waals surface area (Å²) in [6.45, 7) is 2.52. The van der Waals surface area contributed by atoms with Crippen LogP contribution in [0.15, 0.2) is 35.5 Å². The molecule has 9 heteroatoms. The first-order valence-electron chi connectivity index (χ1n) is 8.19. The van der Waals surface area contributed by atoms with Crippen LogP contribution >= 0.6 is 11.6 Å². The SMILES string of the molecule is COc1ccc(S(=O)(=O)N2CCCC(Oc3ncc(Cl)cn3)C2)cc1C. The van der Waals surface area contributed by atoms with Crippen LogP contribution in [0.25, 0.3) is 0 Å². The fraction of sp³-hybridized carbons (Fsp3) is 0.412. The maximum atomic E-state index is 13.0. The average molecular weight is 398 g/mol. The number of hydrogen-bond donors (Lipinski definition) is 0. The number of rotatable bonds is 5. The molecule has 3 rings (SSSR count). The van der Waals surface area contributed by atoms with Crippen molar-refractivity contribution in [1.82, 2.24) is 14.3 Å². The molecule has 1 aromatic heterocycles. The Kier molecular flexibility index (Phi) is 5.64. The highest BCUT2D eigenvalue weighted by Gasteiger charge is 2.31. The second-order valence-electron chi connectivity index (χ2n) is 6.06. The minimum absolute atomic E-state index is 0.193. The van der Waals surface area contributed by atoms with Crippen LogP contribution in [0.5, 0.6) is 11.8 Å². The summed E-state index contributed by atoms with van der Waals surface area (Å²) in [4.78, 5) is 8.25. The van der Waals surface area contributed by atoms with Crippen LogP contribution in [0, 0.1) is 6.92 Å². The van der Waals surface area contributed by atoms with Crippen molar-refractivity contribution >= 4 is 21.6 Å².